The molecule has 1 aliphatic rings. The van der Waals surface area contributed by atoms with Crippen LogP contribution in [0.5, 0.6) is 11.6 Å². The number of nitrogens with one attached hydrogen (secondary N) is 1. The Morgan fingerprint density at radius 3 is 2.61 bits per heavy atom. The average Bonchev–Trinajstić information content (AvgIpc) is 2.60. The summed E-state index contributed by atoms with van der Waals surface area (Å²) in [5, 5.41) is 3.06. The van der Waals surface area contributed by atoms with E-state index < -0.39 is 0 Å². The number of aromatic nitrogens is 1. The highest BCUT2D eigenvalue weighted by Crippen LogP contribution is 2.21. The summed E-state index contributed by atoms with van der Waals surface area (Å²) in [6, 6.07) is 11.6. The van der Waals surface area contributed by atoms with Crippen molar-refractivity contribution in [3.63, 3.8) is 0 Å². The molecule has 1 aliphatic heterocycles. The molecule has 2 heterocycles. The Hall–Kier alpha value is -2.56. The van der Waals surface area contributed by atoms with Gasteiger partial charge < -0.3 is 14.8 Å². The lowest BCUT2D eigenvalue weighted by Gasteiger charge is -2.25. The summed E-state index contributed by atoms with van der Waals surface area (Å²) in [4.78, 5) is 16.6. The number of nitrogens with zero attached hydrogens (tertiary/aromatic N) is 1. The van der Waals surface area contributed by atoms with E-state index in [-0.39, 0.29) is 11.9 Å². The van der Waals surface area contributed by atoms with Crippen LogP contribution in [-0.2, 0) is 12.8 Å². The summed E-state index contributed by atoms with van der Waals surface area (Å²) < 4.78 is 10.3. The highest BCUT2D eigenvalue weighted by Gasteiger charge is 2.25. The molecule has 5 nitrogen and oxygen atoms in total. The first-order chi connectivity index (χ1) is 11.2. The maximum absolute atomic E-state index is 12.2. The summed E-state index contributed by atoms with van der Waals surface area (Å²) in [5.74, 6) is 1.35. The highest BCUT2D eigenvalue weighted by molar-refractivity contribution is 5.96. The normalized spacial score (nSPS) is 16.4. The standard InChI is InChI=1S/C18H20N2O3/c1-22-14-7-4-12(5-8-14)3-6-13-11-16-15(18(21)19-13)9-10-17(20-16)23-2/h4-5,7-10,13H,3,6,11H2,1-2H3,(H,19,21). The Morgan fingerprint density at radius 1 is 1.13 bits per heavy atom. The lowest BCUT2D eigenvalue weighted by Crippen LogP contribution is -2.42. The fourth-order valence-corrected chi connectivity index (χ4v) is 2.81. The number of amides is 1. The van der Waals surface area contributed by atoms with Crippen molar-refractivity contribution < 1.29 is 14.3 Å². The smallest absolute Gasteiger partial charge is 0.253 e. The predicted octanol–water partition coefficient (Wildman–Crippen LogP) is 2.39. The molecule has 0 saturated heterocycles. The maximum atomic E-state index is 12.2. The summed E-state index contributed by atoms with van der Waals surface area (Å²) in [5.41, 5.74) is 2.68. The van der Waals surface area contributed by atoms with E-state index >= 15 is 0 Å². The number of aryl methyl sites for hydroxylation is 1. The lowest BCUT2D eigenvalue weighted by atomic mass is 9.95. The number of fused-ring (bicyclic) bond motifs is 1. The summed E-state index contributed by atoms with van der Waals surface area (Å²) in [6.45, 7) is 0. The summed E-state index contributed by atoms with van der Waals surface area (Å²) in [6.07, 6.45) is 2.50. The van der Waals surface area contributed by atoms with Gasteiger partial charge in [-0.25, -0.2) is 4.98 Å². The van der Waals surface area contributed by atoms with E-state index in [9.17, 15) is 4.79 Å². The van der Waals surface area contributed by atoms with Crippen molar-refractivity contribution in [1.29, 1.82) is 0 Å². The molecule has 1 aromatic heterocycles. The van der Waals surface area contributed by atoms with Gasteiger partial charge in [-0.2, -0.15) is 0 Å². The van der Waals surface area contributed by atoms with E-state index in [2.05, 4.69) is 22.4 Å². The molecule has 1 aromatic carbocycles. The first-order valence-electron chi connectivity index (χ1n) is 7.67. The lowest BCUT2D eigenvalue weighted by molar-refractivity contribution is 0.0921. The number of pyridine rings is 1. The van der Waals surface area contributed by atoms with Gasteiger partial charge in [-0.15, -0.1) is 0 Å². The van der Waals surface area contributed by atoms with E-state index in [1.165, 1.54) is 5.56 Å². The van der Waals surface area contributed by atoms with E-state index in [1.807, 2.05) is 12.1 Å². The van der Waals surface area contributed by atoms with Gasteiger partial charge in [-0.05, 0) is 36.6 Å². The largest absolute Gasteiger partial charge is 0.497 e. The van der Waals surface area contributed by atoms with E-state index in [0.29, 0.717) is 11.4 Å². The van der Waals surface area contributed by atoms with Crippen molar-refractivity contribution in [2.45, 2.75) is 25.3 Å². The van der Waals surface area contributed by atoms with Gasteiger partial charge in [0.1, 0.15) is 5.75 Å². The SMILES string of the molecule is COc1ccc(CCC2Cc3nc(OC)ccc3C(=O)N2)cc1. The molecule has 120 valence electrons. The number of benzene rings is 1. The number of rotatable bonds is 5. The molecule has 0 aliphatic carbocycles. The number of carbonyl (C=O) groups is 1. The first kappa shape index (κ1) is 15.3. The van der Waals surface area contributed by atoms with Crippen LogP contribution in [-0.4, -0.2) is 31.2 Å². The van der Waals surface area contributed by atoms with Crippen molar-refractivity contribution in [2.24, 2.45) is 0 Å². The fourth-order valence-electron chi connectivity index (χ4n) is 2.81. The fraction of sp³-hybridized carbons (Fsp3) is 0.333. The summed E-state index contributed by atoms with van der Waals surface area (Å²) in [7, 11) is 3.24. The van der Waals surface area contributed by atoms with Crippen LogP contribution in [0.3, 0.4) is 0 Å². The van der Waals surface area contributed by atoms with Gasteiger partial charge in [-0.3, -0.25) is 4.79 Å². The number of hydrogen-bond donors (Lipinski definition) is 1. The number of hydrogen-bond acceptors (Lipinski definition) is 4. The van der Waals surface area contributed by atoms with Crippen LogP contribution in [0, 0.1) is 0 Å². The second-order valence-electron chi connectivity index (χ2n) is 5.61. The van der Waals surface area contributed by atoms with Crippen molar-refractivity contribution in [2.75, 3.05) is 14.2 Å². The molecular formula is C18H20N2O3. The van der Waals surface area contributed by atoms with E-state index in [0.717, 1.165) is 30.7 Å². The van der Waals surface area contributed by atoms with Crippen LogP contribution < -0.4 is 14.8 Å². The molecule has 2 aromatic rings. The van der Waals surface area contributed by atoms with Crippen molar-refractivity contribution in [3.8, 4) is 11.6 Å². The minimum absolute atomic E-state index is 0.0545. The first-order valence-corrected chi connectivity index (χ1v) is 7.67. The molecule has 3 rings (SSSR count). The third kappa shape index (κ3) is 3.44. The highest BCUT2D eigenvalue weighted by atomic mass is 16.5. The van der Waals surface area contributed by atoms with Gasteiger partial charge in [0, 0.05) is 18.5 Å². The molecule has 1 amide bonds. The Balaban J connectivity index is 1.66. The van der Waals surface area contributed by atoms with Crippen LogP contribution in [0.4, 0.5) is 0 Å². The van der Waals surface area contributed by atoms with Crippen LogP contribution >= 0.6 is 0 Å². The van der Waals surface area contributed by atoms with Crippen molar-refractivity contribution >= 4 is 5.91 Å². The molecule has 1 N–H and O–H groups in total. The number of methoxy groups -OCH3 is 2. The van der Waals surface area contributed by atoms with Crippen LogP contribution in [0.1, 0.15) is 28.0 Å². The summed E-state index contributed by atoms with van der Waals surface area (Å²) >= 11 is 0. The molecule has 0 fully saturated rings. The number of carbonyl (C=O) groups excluding carboxylic acids is 1. The van der Waals surface area contributed by atoms with Crippen LogP contribution in [0.25, 0.3) is 0 Å². The molecule has 0 radical (unpaired) electrons. The maximum Gasteiger partial charge on any atom is 0.253 e. The van der Waals surface area contributed by atoms with Crippen LogP contribution in [0.15, 0.2) is 36.4 Å². The van der Waals surface area contributed by atoms with E-state index in [1.54, 1.807) is 26.4 Å². The Morgan fingerprint density at radius 2 is 1.91 bits per heavy atom. The third-order valence-corrected chi connectivity index (χ3v) is 4.12. The molecule has 5 heteroatoms. The molecule has 0 bridgehead atoms. The zero-order chi connectivity index (χ0) is 16.2. The monoisotopic (exact) mass is 312 g/mol. The quantitative estimate of drug-likeness (QED) is 0.921. The van der Waals surface area contributed by atoms with Gasteiger partial charge >= 0.3 is 0 Å². The molecule has 1 atom stereocenters. The van der Waals surface area contributed by atoms with Gasteiger partial charge in [-0.1, -0.05) is 12.1 Å². The molecular weight excluding hydrogens is 292 g/mol. The number of ether oxygens (including phenoxy) is 2. The van der Waals surface area contributed by atoms with E-state index in [4.69, 9.17) is 9.47 Å². The van der Waals surface area contributed by atoms with Crippen molar-refractivity contribution in [1.82, 2.24) is 10.3 Å². The van der Waals surface area contributed by atoms with Gasteiger partial charge in [0.05, 0.1) is 25.5 Å². The van der Waals surface area contributed by atoms with Crippen LogP contribution in [0.2, 0.25) is 0 Å². The Kier molecular flexibility index (Phi) is 4.46. The van der Waals surface area contributed by atoms with Gasteiger partial charge in [0.25, 0.3) is 5.91 Å². The Labute approximate surface area is 135 Å². The zero-order valence-electron chi connectivity index (χ0n) is 13.3. The molecule has 1 unspecified atom stereocenters. The average molecular weight is 312 g/mol. The minimum Gasteiger partial charge on any atom is -0.497 e. The minimum atomic E-state index is -0.0545. The molecule has 0 spiro atoms. The second kappa shape index (κ2) is 6.69. The molecule has 23 heavy (non-hydrogen) atoms. The topological polar surface area (TPSA) is 60.5 Å². The zero-order valence-corrected chi connectivity index (χ0v) is 13.3. The third-order valence-electron chi connectivity index (χ3n) is 4.12. The molecule has 0 saturated carbocycles. The van der Waals surface area contributed by atoms with Gasteiger partial charge in [0.2, 0.25) is 5.88 Å². The van der Waals surface area contributed by atoms with Gasteiger partial charge in [0.15, 0.2) is 0 Å². The van der Waals surface area contributed by atoms with Crippen molar-refractivity contribution in [3.05, 3.63) is 53.2 Å². The Bertz CT molecular complexity index is 698. The second-order valence-corrected chi connectivity index (χ2v) is 5.61. The predicted molar refractivity (Wildman–Crippen MR) is 87.1 cm³/mol.